The molecule has 0 aliphatic heterocycles. The molecule has 3 heteroatoms. The van der Waals surface area contributed by atoms with Gasteiger partial charge in [0.2, 0.25) is 0 Å². The molecule has 5 atom stereocenters. The Hall–Kier alpha value is -0.510. The molecule has 3 N–H and O–H groups in total. The lowest BCUT2D eigenvalue weighted by Gasteiger charge is -2.60. The highest BCUT2D eigenvalue weighted by Gasteiger charge is 2.54. The summed E-state index contributed by atoms with van der Waals surface area (Å²) in [5.74, 6) is 3.95. The number of aryl methyl sites for hydroxylation is 1. The molecule has 2 bridgehead atoms. The standard InChI is InChI=1S/C24H40N2S/c1-24(2)20-12-11-19(21(24)17-20)16-22(25)23(13-15-27-3)26-14-7-10-18-8-5-4-6-9-18/h4-6,8-9,19-23,26H,7,10-17,25H2,1-3H3. The first kappa shape index (κ1) is 21.2. The van der Waals surface area contributed by atoms with Gasteiger partial charge >= 0.3 is 0 Å². The molecule has 4 rings (SSSR count). The molecule has 3 saturated carbocycles. The molecule has 0 amide bonds. The van der Waals surface area contributed by atoms with E-state index in [1.807, 2.05) is 11.8 Å². The van der Waals surface area contributed by atoms with E-state index in [-0.39, 0.29) is 0 Å². The van der Waals surface area contributed by atoms with Crippen molar-refractivity contribution in [3.63, 3.8) is 0 Å². The zero-order valence-electron chi connectivity index (χ0n) is 17.6. The van der Waals surface area contributed by atoms with Crippen molar-refractivity contribution in [1.82, 2.24) is 5.32 Å². The molecule has 3 aliphatic rings. The molecule has 27 heavy (non-hydrogen) atoms. The van der Waals surface area contributed by atoms with Crippen LogP contribution in [0.25, 0.3) is 0 Å². The highest BCUT2D eigenvalue weighted by atomic mass is 32.2. The lowest BCUT2D eigenvalue weighted by atomic mass is 9.45. The second-order valence-corrected chi connectivity index (χ2v) is 10.5. The Morgan fingerprint density at radius 3 is 2.67 bits per heavy atom. The maximum absolute atomic E-state index is 6.78. The van der Waals surface area contributed by atoms with E-state index in [0.29, 0.717) is 17.5 Å². The number of nitrogens with two attached hydrogens (primary N) is 1. The number of hydrogen-bond donors (Lipinski definition) is 2. The summed E-state index contributed by atoms with van der Waals surface area (Å²) in [6.45, 7) is 6.07. The van der Waals surface area contributed by atoms with Gasteiger partial charge in [-0.15, -0.1) is 0 Å². The predicted molar refractivity (Wildman–Crippen MR) is 120 cm³/mol. The molecule has 0 aromatic heterocycles. The molecular weight excluding hydrogens is 348 g/mol. The summed E-state index contributed by atoms with van der Waals surface area (Å²) in [7, 11) is 0. The van der Waals surface area contributed by atoms with Crippen molar-refractivity contribution in [2.45, 2.75) is 70.9 Å². The fourth-order valence-corrected chi connectivity index (χ4v) is 6.19. The first-order valence-electron chi connectivity index (χ1n) is 11.0. The largest absolute Gasteiger partial charge is 0.326 e. The molecule has 1 aromatic rings. The molecule has 5 unspecified atom stereocenters. The molecule has 0 radical (unpaired) electrons. The Balaban J connectivity index is 1.46. The van der Waals surface area contributed by atoms with Crippen molar-refractivity contribution < 1.29 is 0 Å². The topological polar surface area (TPSA) is 38.0 Å². The Bertz CT molecular complexity index is 557. The maximum Gasteiger partial charge on any atom is 0.0227 e. The third kappa shape index (κ3) is 5.31. The number of rotatable bonds is 11. The minimum absolute atomic E-state index is 0.298. The molecule has 0 saturated heterocycles. The smallest absolute Gasteiger partial charge is 0.0227 e. The van der Waals surface area contributed by atoms with Gasteiger partial charge in [0.15, 0.2) is 0 Å². The quantitative estimate of drug-likeness (QED) is 0.517. The first-order chi connectivity index (χ1) is 13.0. The van der Waals surface area contributed by atoms with Gasteiger partial charge in [0.1, 0.15) is 0 Å². The molecule has 0 heterocycles. The lowest BCUT2D eigenvalue weighted by molar-refractivity contribution is -0.108. The van der Waals surface area contributed by atoms with Crippen molar-refractivity contribution >= 4 is 11.8 Å². The van der Waals surface area contributed by atoms with Crippen LogP contribution >= 0.6 is 11.8 Å². The van der Waals surface area contributed by atoms with Gasteiger partial charge in [0.25, 0.3) is 0 Å². The number of nitrogens with one attached hydrogen (secondary N) is 1. The van der Waals surface area contributed by atoms with E-state index in [9.17, 15) is 0 Å². The van der Waals surface area contributed by atoms with Crippen LogP contribution in [-0.2, 0) is 6.42 Å². The van der Waals surface area contributed by atoms with Gasteiger partial charge in [-0.2, -0.15) is 11.8 Å². The summed E-state index contributed by atoms with van der Waals surface area (Å²) in [5.41, 5.74) is 8.79. The fraction of sp³-hybridized carbons (Fsp3) is 0.750. The van der Waals surface area contributed by atoms with Crippen LogP contribution in [0.1, 0.15) is 57.9 Å². The van der Waals surface area contributed by atoms with Crippen LogP contribution in [0.4, 0.5) is 0 Å². The van der Waals surface area contributed by atoms with Gasteiger partial charge in [-0.05, 0) is 92.2 Å². The Labute approximate surface area is 171 Å². The van der Waals surface area contributed by atoms with E-state index >= 15 is 0 Å². The molecule has 152 valence electrons. The summed E-state index contributed by atoms with van der Waals surface area (Å²) in [5, 5.41) is 3.82. The van der Waals surface area contributed by atoms with E-state index in [4.69, 9.17) is 5.73 Å². The highest BCUT2D eigenvalue weighted by molar-refractivity contribution is 7.98. The molecule has 3 fully saturated rings. The van der Waals surface area contributed by atoms with Gasteiger partial charge in [0.05, 0.1) is 0 Å². The molecule has 2 nitrogen and oxygen atoms in total. The Kier molecular flexibility index (Phi) is 7.70. The minimum atomic E-state index is 0.298. The van der Waals surface area contributed by atoms with Crippen molar-refractivity contribution in [3.8, 4) is 0 Å². The minimum Gasteiger partial charge on any atom is -0.326 e. The van der Waals surface area contributed by atoms with Crippen LogP contribution in [0.5, 0.6) is 0 Å². The lowest BCUT2D eigenvalue weighted by Crippen LogP contribution is -2.55. The van der Waals surface area contributed by atoms with Crippen LogP contribution in [0.2, 0.25) is 0 Å². The van der Waals surface area contributed by atoms with Crippen LogP contribution in [0, 0.1) is 23.2 Å². The Morgan fingerprint density at radius 2 is 2.00 bits per heavy atom. The number of hydrogen-bond acceptors (Lipinski definition) is 3. The average Bonchev–Trinajstić information content (AvgIpc) is 2.68. The van der Waals surface area contributed by atoms with Gasteiger partial charge < -0.3 is 11.1 Å². The molecule has 0 spiro atoms. The van der Waals surface area contributed by atoms with Gasteiger partial charge in [-0.3, -0.25) is 0 Å². The first-order valence-corrected chi connectivity index (χ1v) is 12.4. The zero-order valence-corrected chi connectivity index (χ0v) is 18.4. The third-order valence-corrected chi connectivity index (χ3v) is 8.26. The molecule has 3 aliphatic carbocycles. The van der Waals surface area contributed by atoms with Crippen molar-refractivity contribution in [1.29, 1.82) is 0 Å². The van der Waals surface area contributed by atoms with Crippen LogP contribution < -0.4 is 11.1 Å². The summed E-state index contributed by atoms with van der Waals surface area (Å²) >= 11 is 1.94. The summed E-state index contributed by atoms with van der Waals surface area (Å²) in [4.78, 5) is 0. The normalized spacial score (nSPS) is 28.4. The van der Waals surface area contributed by atoms with Crippen LogP contribution in [0.15, 0.2) is 30.3 Å². The van der Waals surface area contributed by atoms with Crippen molar-refractivity contribution in [2.24, 2.45) is 28.9 Å². The average molecular weight is 389 g/mol. The van der Waals surface area contributed by atoms with E-state index in [2.05, 4.69) is 55.8 Å². The van der Waals surface area contributed by atoms with Crippen LogP contribution in [-0.4, -0.2) is 30.6 Å². The number of fused-ring (bicyclic) bond motifs is 2. The third-order valence-electron chi connectivity index (χ3n) is 7.62. The van der Waals surface area contributed by atoms with E-state index in [1.54, 1.807) is 0 Å². The van der Waals surface area contributed by atoms with Gasteiger partial charge in [-0.25, -0.2) is 0 Å². The fourth-order valence-electron chi connectivity index (χ4n) is 5.70. The summed E-state index contributed by atoms with van der Waals surface area (Å²) < 4.78 is 0. The number of benzene rings is 1. The number of thioether (sulfide) groups is 1. The van der Waals surface area contributed by atoms with Gasteiger partial charge in [0, 0.05) is 12.1 Å². The zero-order chi connectivity index (χ0) is 19.3. The maximum atomic E-state index is 6.78. The van der Waals surface area contributed by atoms with Crippen molar-refractivity contribution in [3.05, 3.63) is 35.9 Å². The van der Waals surface area contributed by atoms with Gasteiger partial charge in [-0.1, -0.05) is 44.2 Å². The van der Waals surface area contributed by atoms with Crippen LogP contribution in [0.3, 0.4) is 0 Å². The summed E-state index contributed by atoms with van der Waals surface area (Å²) in [6, 6.07) is 11.6. The summed E-state index contributed by atoms with van der Waals surface area (Å²) in [6.07, 6.45) is 11.3. The molecule has 1 aromatic carbocycles. The molecular formula is C24H40N2S. The predicted octanol–water partition coefficient (Wildman–Crippen LogP) is 5.12. The SMILES string of the molecule is CSCCC(NCCCc1ccccc1)C(N)CC1CCC2CC1C2(C)C. The van der Waals surface area contributed by atoms with E-state index in [0.717, 1.165) is 30.7 Å². The van der Waals surface area contributed by atoms with E-state index in [1.165, 1.54) is 49.8 Å². The Morgan fingerprint density at radius 1 is 1.22 bits per heavy atom. The second kappa shape index (κ2) is 9.80. The monoisotopic (exact) mass is 388 g/mol. The second-order valence-electron chi connectivity index (χ2n) is 9.53. The van der Waals surface area contributed by atoms with Crippen molar-refractivity contribution in [2.75, 3.05) is 18.6 Å². The van der Waals surface area contributed by atoms with E-state index < -0.39 is 0 Å². The highest BCUT2D eigenvalue weighted by Crippen LogP contribution is 2.62.